The number of hydrogen-bond acceptors (Lipinski definition) is 9. The normalized spacial score (nSPS) is 18.3. The molecule has 61 heavy (non-hydrogen) atoms. The molecule has 1 saturated heterocycles. The number of guanidine groups is 1. The molecular formula is C42H73N10O8P. The van der Waals surface area contributed by atoms with Crippen LogP contribution in [-0.4, -0.2) is 165 Å². The summed E-state index contributed by atoms with van der Waals surface area (Å²) < 4.78 is 25.9. The van der Waals surface area contributed by atoms with E-state index in [9.17, 15) is 28.6 Å². The monoisotopic (exact) mass is 877 g/mol. The zero-order valence-electron chi connectivity index (χ0n) is 38.5. The van der Waals surface area contributed by atoms with Gasteiger partial charge in [-0.2, -0.15) is 0 Å². The minimum absolute atomic E-state index is 0.00757. The van der Waals surface area contributed by atoms with E-state index in [-0.39, 0.29) is 49.6 Å². The maximum atomic E-state index is 14.3. The number of nitrogens with one attached hydrogen (secondary N) is 2. The van der Waals surface area contributed by atoms with Crippen molar-refractivity contribution in [1.29, 1.82) is 0 Å². The number of aliphatic imine (C=N–C) groups is 1. The molecule has 0 aromatic heterocycles. The van der Waals surface area contributed by atoms with Gasteiger partial charge in [-0.3, -0.25) is 23.7 Å². The van der Waals surface area contributed by atoms with E-state index in [4.69, 9.17) is 20.0 Å². The summed E-state index contributed by atoms with van der Waals surface area (Å²) in [4.78, 5) is 81.4. The number of methoxy groups -OCH3 is 2. The molecule has 19 heteroatoms. The third kappa shape index (κ3) is 15.6. The summed E-state index contributed by atoms with van der Waals surface area (Å²) in [6.45, 7) is 10.4. The lowest BCUT2D eigenvalue weighted by Gasteiger charge is -2.40. The van der Waals surface area contributed by atoms with Gasteiger partial charge in [-0.1, -0.05) is 76.5 Å². The Kier molecular flexibility index (Phi) is 22.3. The number of ether oxygens (including phenoxy) is 2. The maximum Gasteiger partial charge on any atom is 0.247 e. The number of likely N-dealkylation sites (N-methyl/N-ethyl adjacent to an activating group) is 1. The van der Waals surface area contributed by atoms with Crippen molar-refractivity contribution in [2.24, 2.45) is 27.9 Å². The van der Waals surface area contributed by atoms with E-state index in [1.165, 1.54) is 7.11 Å². The van der Waals surface area contributed by atoms with E-state index in [2.05, 4.69) is 20.7 Å². The fourth-order valence-corrected chi connectivity index (χ4v) is 9.55. The van der Waals surface area contributed by atoms with Gasteiger partial charge in [0, 0.05) is 80.4 Å². The number of benzene rings is 1. The lowest BCUT2D eigenvalue weighted by Crippen LogP contribution is -2.55. The predicted octanol–water partition coefficient (Wildman–Crippen LogP) is 4.18. The Hall–Kier alpha value is -4.21. The van der Waals surface area contributed by atoms with Crippen LogP contribution in [-0.2, 0) is 39.6 Å². The van der Waals surface area contributed by atoms with Gasteiger partial charge < -0.3 is 44.6 Å². The van der Waals surface area contributed by atoms with Crippen LogP contribution in [0, 0.1) is 17.8 Å². The average molecular weight is 877 g/mol. The Morgan fingerprint density at radius 3 is 2.21 bits per heavy atom. The zero-order valence-corrected chi connectivity index (χ0v) is 39.4. The summed E-state index contributed by atoms with van der Waals surface area (Å²) in [6, 6.07) is 7.29. The molecule has 1 fully saturated rings. The number of carbonyl (C=O) groups excluding carboxylic acids is 4. The highest BCUT2D eigenvalue weighted by Gasteiger charge is 2.44. The second-order valence-corrected chi connectivity index (χ2v) is 19.2. The number of amides is 4. The second-order valence-electron chi connectivity index (χ2n) is 16.8. The molecule has 18 nitrogen and oxygen atoms in total. The molecule has 1 unspecified atom stereocenters. The van der Waals surface area contributed by atoms with Crippen LogP contribution in [0.2, 0.25) is 0 Å². The summed E-state index contributed by atoms with van der Waals surface area (Å²) in [6.07, 6.45) is 0.139. The first kappa shape index (κ1) is 52.9. The molecule has 0 aliphatic carbocycles. The highest BCUT2D eigenvalue weighted by molar-refractivity contribution is 7.59. The second kappa shape index (κ2) is 25.7. The molecule has 4 amide bonds. The van der Waals surface area contributed by atoms with Crippen LogP contribution in [0.5, 0.6) is 0 Å². The first-order chi connectivity index (χ1) is 28.7. The number of nitrogens with zero attached hydrogens (tertiary/aromatic N) is 8. The highest BCUT2D eigenvalue weighted by atomic mass is 31.2. The van der Waals surface area contributed by atoms with Crippen LogP contribution >= 0.6 is 7.37 Å². The molecule has 0 saturated carbocycles. The van der Waals surface area contributed by atoms with Crippen LogP contribution in [0.25, 0.3) is 10.4 Å². The van der Waals surface area contributed by atoms with Crippen molar-refractivity contribution >= 4 is 37.0 Å². The van der Waals surface area contributed by atoms with Gasteiger partial charge in [0.15, 0.2) is 5.96 Å². The Bertz CT molecular complexity index is 1680. The van der Waals surface area contributed by atoms with Gasteiger partial charge in [0.25, 0.3) is 0 Å². The lowest BCUT2D eigenvalue weighted by atomic mass is 9.89. The summed E-state index contributed by atoms with van der Waals surface area (Å²) in [5.74, 6) is -3.24. The first-order valence-electron chi connectivity index (χ1n) is 21.2. The topological polar surface area (TPSA) is 222 Å². The maximum absolute atomic E-state index is 14.3. The van der Waals surface area contributed by atoms with Crippen LogP contribution in [0.3, 0.4) is 0 Å². The van der Waals surface area contributed by atoms with Crippen LogP contribution in [0.1, 0.15) is 72.3 Å². The van der Waals surface area contributed by atoms with E-state index in [0.717, 1.165) is 6.42 Å². The van der Waals surface area contributed by atoms with E-state index in [0.29, 0.717) is 37.3 Å². The van der Waals surface area contributed by atoms with Crippen LogP contribution in [0.15, 0.2) is 40.4 Å². The minimum atomic E-state index is -4.34. The molecule has 0 spiro atoms. The fraction of sp³-hybridized carbons (Fsp3) is 0.738. The molecule has 1 heterocycles. The summed E-state index contributed by atoms with van der Waals surface area (Å²) in [5.41, 5.74) is 9.16. The van der Waals surface area contributed by atoms with Crippen molar-refractivity contribution in [1.82, 2.24) is 30.2 Å². The van der Waals surface area contributed by atoms with Gasteiger partial charge in [-0.25, -0.2) is 4.99 Å². The first-order valence-corrected chi connectivity index (χ1v) is 23.1. The molecule has 1 aromatic carbocycles. The number of azide groups is 1. The largest absolute Gasteiger partial charge is 0.379 e. The number of carbonyl (C=O) groups is 4. The third-order valence-corrected chi connectivity index (χ3v) is 13.5. The van der Waals surface area contributed by atoms with E-state index in [1.54, 1.807) is 55.1 Å². The molecular weight excluding hydrogens is 803 g/mol. The number of likely N-dealkylation sites (tertiary alicyclic amines) is 1. The molecule has 0 radical (unpaired) electrons. The van der Waals surface area contributed by atoms with E-state index < -0.39 is 67.4 Å². The lowest BCUT2D eigenvalue weighted by molar-refractivity contribution is -0.146. The Labute approximate surface area is 363 Å². The zero-order chi connectivity index (χ0) is 46.0. The van der Waals surface area contributed by atoms with Crippen molar-refractivity contribution in [3.8, 4) is 0 Å². The molecule has 9 atom stereocenters. The molecule has 0 bridgehead atoms. The van der Waals surface area contributed by atoms with Crippen LogP contribution in [0.4, 0.5) is 0 Å². The van der Waals surface area contributed by atoms with Crippen molar-refractivity contribution < 1.29 is 38.1 Å². The van der Waals surface area contributed by atoms with Gasteiger partial charge in [0.05, 0.1) is 36.6 Å². The van der Waals surface area contributed by atoms with Gasteiger partial charge in [-0.15, -0.1) is 0 Å². The van der Waals surface area contributed by atoms with Crippen molar-refractivity contribution in [2.45, 2.75) is 109 Å². The van der Waals surface area contributed by atoms with Gasteiger partial charge in [0.1, 0.15) is 18.0 Å². The SMILES string of the molecule is CC[C@H](C)[C@@H]([C@@H](CC(=O)N1CCC[C@H]1[C@H](OC)[C@@H](C)C(=O)N[C@@H](Cc1ccccc1)P(=O)(O)CC(=O)NCCCN=[N+]=[N-])OC)N(C)C(=O)[C@@H](N=C(N(C)C)N(C)C)C(C)C. The standard InChI is InChI=1S/C42H73N10O8P/c1-13-29(4)38(51(10)41(56)37(28(2)3)47-42(49(6)7)50(8)9)33(59-11)26-36(54)52-24-17-21-32(52)39(60-12)30(5)40(55)46-35(25-31-19-15-14-16-20-31)61(57,58)27-34(53)44-22-18-23-45-48-43/h14-16,19-20,28-30,32-33,35,37-39H,13,17-18,21-27H2,1-12H3,(H,44,53)(H,46,55)(H,57,58)/t29-,30+,32-,33+,35+,37-,38-,39+/m0/s1. The third-order valence-electron chi connectivity index (χ3n) is 11.5. The van der Waals surface area contributed by atoms with Gasteiger partial charge >= 0.3 is 0 Å². The summed E-state index contributed by atoms with van der Waals surface area (Å²) in [5, 5.41) is 8.78. The van der Waals surface area contributed by atoms with E-state index >= 15 is 0 Å². The van der Waals surface area contributed by atoms with Crippen LogP contribution < -0.4 is 10.6 Å². The fourth-order valence-electron chi connectivity index (χ4n) is 7.98. The van der Waals surface area contributed by atoms with Crippen molar-refractivity contribution in [2.75, 3.05) is 75.3 Å². The predicted molar refractivity (Wildman–Crippen MR) is 238 cm³/mol. The molecule has 3 N–H and O–H groups in total. The van der Waals surface area contributed by atoms with E-state index in [1.807, 2.05) is 71.8 Å². The summed E-state index contributed by atoms with van der Waals surface area (Å²) in [7, 11) is 7.96. The highest BCUT2D eigenvalue weighted by Crippen LogP contribution is 2.46. The smallest absolute Gasteiger partial charge is 0.247 e. The van der Waals surface area contributed by atoms with Gasteiger partial charge in [-0.05, 0) is 42.2 Å². The number of rotatable bonds is 24. The van der Waals surface area contributed by atoms with Crippen molar-refractivity contribution in [3.63, 3.8) is 0 Å². The van der Waals surface area contributed by atoms with Gasteiger partial charge in [0.2, 0.25) is 31.0 Å². The Morgan fingerprint density at radius 2 is 1.67 bits per heavy atom. The molecule has 2 rings (SSSR count). The average Bonchev–Trinajstić information content (AvgIpc) is 3.69. The molecule has 1 aliphatic rings. The quantitative estimate of drug-likeness (QED) is 0.0256. The molecule has 344 valence electrons. The summed E-state index contributed by atoms with van der Waals surface area (Å²) >= 11 is 0. The number of hydrogen-bond donors (Lipinski definition) is 3. The minimum Gasteiger partial charge on any atom is -0.379 e. The Balaban J connectivity index is 2.34. The Morgan fingerprint density at radius 1 is 1.03 bits per heavy atom. The molecule has 1 aromatic rings. The molecule has 1 aliphatic heterocycles. The van der Waals surface area contributed by atoms with Crippen molar-refractivity contribution in [3.05, 3.63) is 46.3 Å².